The molecule has 0 bridgehead atoms. The predicted molar refractivity (Wildman–Crippen MR) is 96.2 cm³/mol. The topological polar surface area (TPSA) is 65.2 Å². The Kier molecular flexibility index (Phi) is 3.98. The summed E-state index contributed by atoms with van der Waals surface area (Å²) in [5, 5.41) is 4.10. The summed E-state index contributed by atoms with van der Waals surface area (Å²) in [6.07, 6.45) is 2.74. The molecular formula is C20H19N3O2. The minimum Gasteiger partial charge on any atom is -0.361 e. The molecule has 126 valence electrons. The van der Waals surface area contributed by atoms with E-state index in [1.807, 2.05) is 48.7 Å². The first-order valence-corrected chi connectivity index (χ1v) is 8.41. The van der Waals surface area contributed by atoms with Gasteiger partial charge in [0.1, 0.15) is 6.54 Å². The second-order valence-electron chi connectivity index (χ2n) is 6.28. The molecule has 0 atom stereocenters. The van der Waals surface area contributed by atoms with Crippen LogP contribution in [0.1, 0.15) is 21.5 Å². The number of rotatable bonds is 5. The Morgan fingerprint density at radius 2 is 1.92 bits per heavy atom. The number of carbonyl (C=O) groups excluding carboxylic acids is 2. The van der Waals surface area contributed by atoms with Crippen LogP contribution in [0, 0.1) is 0 Å². The van der Waals surface area contributed by atoms with Gasteiger partial charge in [0.2, 0.25) is 5.91 Å². The molecule has 0 saturated heterocycles. The maximum absolute atomic E-state index is 12.3. The second kappa shape index (κ2) is 6.43. The molecule has 0 unspecified atom stereocenters. The SMILES string of the molecule is O=C(CN1Cc2ccccc2C1=O)NCCc1c[nH]c2ccccc12. The van der Waals surface area contributed by atoms with Gasteiger partial charge in [-0.1, -0.05) is 36.4 Å². The van der Waals surface area contributed by atoms with E-state index in [-0.39, 0.29) is 18.4 Å². The summed E-state index contributed by atoms with van der Waals surface area (Å²) in [5.74, 6) is -0.191. The fraction of sp³-hybridized carbons (Fsp3) is 0.200. The molecule has 1 aliphatic heterocycles. The Bertz CT molecular complexity index is 945. The van der Waals surface area contributed by atoms with Crippen LogP contribution in [0.2, 0.25) is 0 Å². The molecule has 0 radical (unpaired) electrons. The van der Waals surface area contributed by atoms with Gasteiger partial charge in [0, 0.05) is 35.8 Å². The lowest BCUT2D eigenvalue weighted by Gasteiger charge is -2.15. The van der Waals surface area contributed by atoms with E-state index >= 15 is 0 Å². The van der Waals surface area contributed by atoms with Crippen molar-refractivity contribution >= 4 is 22.7 Å². The van der Waals surface area contributed by atoms with Crippen LogP contribution < -0.4 is 5.32 Å². The highest BCUT2D eigenvalue weighted by molar-refractivity contribution is 6.00. The highest BCUT2D eigenvalue weighted by atomic mass is 16.2. The monoisotopic (exact) mass is 333 g/mol. The number of carbonyl (C=O) groups is 2. The van der Waals surface area contributed by atoms with Crippen molar-refractivity contribution in [1.29, 1.82) is 0 Å². The molecule has 1 aromatic heterocycles. The molecule has 3 aromatic rings. The van der Waals surface area contributed by atoms with Gasteiger partial charge in [0.05, 0.1) is 0 Å². The van der Waals surface area contributed by atoms with Crippen LogP contribution in [0.25, 0.3) is 10.9 Å². The zero-order chi connectivity index (χ0) is 17.2. The zero-order valence-corrected chi connectivity index (χ0v) is 13.8. The molecule has 4 rings (SSSR count). The molecule has 5 heteroatoms. The Labute approximate surface area is 145 Å². The number of benzene rings is 2. The van der Waals surface area contributed by atoms with Crippen molar-refractivity contribution in [3.05, 3.63) is 71.4 Å². The number of hydrogen-bond acceptors (Lipinski definition) is 2. The summed E-state index contributed by atoms with van der Waals surface area (Å²) in [6.45, 7) is 1.15. The number of hydrogen-bond donors (Lipinski definition) is 2. The third-order valence-corrected chi connectivity index (χ3v) is 4.62. The van der Waals surface area contributed by atoms with E-state index in [0.29, 0.717) is 18.7 Å². The molecule has 5 nitrogen and oxygen atoms in total. The summed E-state index contributed by atoms with van der Waals surface area (Å²) in [5.41, 5.74) is 3.97. The van der Waals surface area contributed by atoms with Crippen molar-refractivity contribution in [1.82, 2.24) is 15.2 Å². The van der Waals surface area contributed by atoms with Gasteiger partial charge in [-0.25, -0.2) is 0 Å². The molecule has 0 fully saturated rings. The average molecular weight is 333 g/mol. The van der Waals surface area contributed by atoms with Crippen molar-refractivity contribution in [2.45, 2.75) is 13.0 Å². The van der Waals surface area contributed by atoms with Gasteiger partial charge in [0.25, 0.3) is 5.91 Å². The molecule has 0 saturated carbocycles. The molecule has 0 aliphatic carbocycles. The number of nitrogens with one attached hydrogen (secondary N) is 2. The predicted octanol–water partition coefficient (Wildman–Crippen LogP) is 2.48. The van der Waals surface area contributed by atoms with E-state index in [9.17, 15) is 9.59 Å². The number of aromatic amines is 1. The summed E-state index contributed by atoms with van der Waals surface area (Å²) >= 11 is 0. The largest absolute Gasteiger partial charge is 0.361 e. The molecular weight excluding hydrogens is 314 g/mol. The Balaban J connectivity index is 1.31. The Hall–Kier alpha value is -3.08. The number of aromatic nitrogens is 1. The van der Waals surface area contributed by atoms with Gasteiger partial charge in [-0.05, 0) is 29.7 Å². The quantitative estimate of drug-likeness (QED) is 0.753. The maximum atomic E-state index is 12.3. The Morgan fingerprint density at radius 3 is 2.80 bits per heavy atom. The molecule has 0 spiro atoms. The third kappa shape index (κ3) is 3.01. The van der Waals surface area contributed by atoms with Crippen LogP contribution in [-0.2, 0) is 17.8 Å². The second-order valence-corrected chi connectivity index (χ2v) is 6.28. The van der Waals surface area contributed by atoms with Crippen LogP contribution in [-0.4, -0.2) is 34.8 Å². The minimum atomic E-state index is -0.124. The first kappa shape index (κ1) is 15.4. The van der Waals surface area contributed by atoms with E-state index in [0.717, 1.165) is 17.5 Å². The van der Waals surface area contributed by atoms with Crippen molar-refractivity contribution < 1.29 is 9.59 Å². The first-order chi connectivity index (χ1) is 12.2. The van der Waals surface area contributed by atoms with Crippen molar-refractivity contribution in [3.8, 4) is 0 Å². The van der Waals surface area contributed by atoms with Crippen LogP contribution in [0.15, 0.2) is 54.7 Å². The van der Waals surface area contributed by atoms with Crippen LogP contribution in [0.3, 0.4) is 0 Å². The number of amides is 2. The lowest BCUT2D eigenvalue weighted by atomic mass is 10.1. The van der Waals surface area contributed by atoms with E-state index < -0.39 is 0 Å². The fourth-order valence-corrected chi connectivity index (χ4v) is 3.35. The molecule has 1 aliphatic rings. The third-order valence-electron chi connectivity index (χ3n) is 4.62. The van der Waals surface area contributed by atoms with Gasteiger partial charge in [-0.15, -0.1) is 0 Å². The van der Waals surface area contributed by atoms with Crippen molar-refractivity contribution in [2.24, 2.45) is 0 Å². The van der Waals surface area contributed by atoms with Gasteiger partial charge in [0.15, 0.2) is 0 Å². The minimum absolute atomic E-state index is 0.0672. The fourth-order valence-electron chi connectivity index (χ4n) is 3.35. The van der Waals surface area contributed by atoms with Crippen molar-refractivity contribution in [2.75, 3.05) is 13.1 Å². The van der Waals surface area contributed by atoms with Gasteiger partial charge < -0.3 is 15.2 Å². The van der Waals surface area contributed by atoms with Crippen LogP contribution >= 0.6 is 0 Å². The lowest BCUT2D eigenvalue weighted by molar-refractivity contribution is -0.121. The highest BCUT2D eigenvalue weighted by Crippen LogP contribution is 2.21. The van der Waals surface area contributed by atoms with E-state index in [1.54, 1.807) is 4.90 Å². The zero-order valence-electron chi connectivity index (χ0n) is 13.8. The summed E-state index contributed by atoms with van der Waals surface area (Å²) in [6, 6.07) is 15.6. The number of para-hydroxylation sites is 1. The maximum Gasteiger partial charge on any atom is 0.254 e. The lowest BCUT2D eigenvalue weighted by Crippen LogP contribution is -2.38. The number of H-pyrrole nitrogens is 1. The molecule has 2 aromatic carbocycles. The number of nitrogens with zero attached hydrogens (tertiary/aromatic N) is 1. The average Bonchev–Trinajstić information content (AvgIpc) is 3.17. The smallest absolute Gasteiger partial charge is 0.254 e. The molecule has 2 N–H and O–H groups in total. The molecule has 25 heavy (non-hydrogen) atoms. The normalized spacial score (nSPS) is 13.3. The van der Waals surface area contributed by atoms with Gasteiger partial charge in [-0.3, -0.25) is 9.59 Å². The van der Waals surface area contributed by atoms with E-state index in [1.165, 1.54) is 10.9 Å². The van der Waals surface area contributed by atoms with Gasteiger partial charge >= 0.3 is 0 Å². The summed E-state index contributed by atoms with van der Waals surface area (Å²) in [7, 11) is 0. The molecule has 2 heterocycles. The number of fused-ring (bicyclic) bond motifs is 2. The highest BCUT2D eigenvalue weighted by Gasteiger charge is 2.27. The van der Waals surface area contributed by atoms with E-state index in [4.69, 9.17) is 0 Å². The molecule has 2 amide bonds. The van der Waals surface area contributed by atoms with Crippen LogP contribution in [0.4, 0.5) is 0 Å². The Morgan fingerprint density at radius 1 is 1.12 bits per heavy atom. The van der Waals surface area contributed by atoms with Crippen LogP contribution in [0.5, 0.6) is 0 Å². The standard InChI is InChI=1S/C20H19N3O2/c24-19(13-23-12-15-5-1-2-7-17(15)20(23)25)21-10-9-14-11-22-18-8-4-3-6-16(14)18/h1-8,11,22H,9-10,12-13H2,(H,21,24). The van der Waals surface area contributed by atoms with E-state index in [2.05, 4.69) is 16.4 Å². The van der Waals surface area contributed by atoms with Crippen molar-refractivity contribution in [3.63, 3.8) is 0 Å². The first-order valence-electron chi connectivity index (χ1n) is 8.41. The summed E-state index contributed by atoms with van der Waals surface area (Å²) in [4.78, 5) is 29.3. The summed E-state index contributed by atoms with van der Waals surface area (Å²) < 4.78 is 0. The van der Waals surface area contributed by atoms with Gasteiger partial charge in [-0.2, -0.15) is 0 Å².